The zero-order chi connectivity index (χ0) is 18.8. The summed E-state index contributed by atoms with van der Waals surface area (Å²) < 4.78 is 0. The molecule has 0 saturated carbocycles. The molecule has 1 N–H and O–H groups in total. The van der Waals surface area contributed by atoms with Gasteiger partial charge in [-0.1, -0.05) is 53.8 Å². The number of nitrogens with one attached hydrogen (secondary N) is 1. The molecule has 1 aromatic heterocycles. The fourth-order valence-corrected chi connectivity index (χ4v) is 4.26. The molecule has 4 rings (SSSR count). The highest BCUT2D eigenvalue weighted by atomic mass is 32.1. The van der Waals surface area contributed by atoms with E-state index < -0.39 is 0 Å². The number of thiazole rings is 1. The third kappa shape index (κ3) is 3.75. The molecule has 2 heterocycles. The monoisotopic (exact) mass is 377 g/mol. The van der Waals surface area contributed by atoms with Gasteiger partial charge in [0.15, 0.2) is 5.13 Å². The zero-order valence-corrected chi connectivity index (χ0v) is 15.8. The average molecular weight is 377 g/mol. The number of carbonyl (C=O) groups excluding carboxylic acids is 2. The second-order valence-corrected chi connectivity index (χ2v) is 7.57. The van der Waals surface area contributed by atoms with E-state index in [4.69, 9.17) is 0 Å². The van der Waals surface area contributed by atoms with Crippen LogP contribution in [0.25, 0.3) is 11.1 Å². The topological polar surface area (TPSA) is 62.3 Å². The summed E-state index contributed by atoms with van der Waals surface area (Å²) in [6, 6.07) is 17.8. The van der Waals surface area contributed by atoms with E-state index in [0.29, 0.717) is 30.2 Å². The summed E-state index contributed by atoms with van der Waals surface area (Å²) in [7, 11) is 0. The van der Waals surface area contributed by atoms with Gasteiger partial charge in [-0.2, -0.15) is 0 Å². The Morgan fingerprint density at radius 3 is 2.44 bits per heavy atom. The summed E-state index contributed by atoms with van der Waals surface area (Å²) in [6.07, 6.45) is 0.708. The van der Waals surface area contributed by atoms with E-state index in [2.05, 4.69) is 22.4 Å². The van der Waals surface area contributed by atoms with Crippen molar-refractivity contribution < 1.29 is 9.59 Å². The molecule has 1 aliphatic heterocycles. The average Bonchev–Trinajstić information content (AvgIpc) is 3.09. The summed E-state index contributed by atoms with van der Waals surface area (Å²) in [5.41, 5.74) is 3.89. The molecule has 0 fully saturated rings. The molecule has 0 spiro atoms. The van der Waals surface area contributed by atoms with Gasteiger partial charge in [-0.25, -0.2) is 4.98 Å². The summed E-state index contributed by atoms with van der Waals surface area (Å²) in [6.45, 7) is 2.64. The molecular weight excluding hydrogens is 358 g/mol. The van der Waals surface area contributed by atoms with E-state index in [1.165, 1.54) is 18.3 Å². The van der Waals surface area contributed by atoms with Crippen LogP contribution in [0.4, 0.5) is 5.13 Å². The van der Waals surface area contributed by atoms with Crippen LogP contribution < -0.4 is 5.32 Å². The van der Waals surface area contributed by atoms with Crippen LogP contribution >= 0.6 is 11.3 Å². The van der Waals surface area contributed by atoms with Crippen LogP contribution in [-0.4, -0.2) is 28.2 Å². The Balaban J connectivity index is 1.49. The molecule has 0 saturated heterocycles. The Morgan fingerprint density at radius 2 is 1.74 bits per heavy atom. The number of nitrogens with zero attached hydrogens (tertiary/aromatic N) is 2. The number of aromatic nitrogens is 1. The second kappa shape index (κ2) is 7.32. The molecule has 0 aliphatic carbocycles. The quantitative estimate of drug-likeness (QED) is 0.751. The van der Waals surface area contributed by atoms with E-state index in [0.717, 1.165) is 21.7 Å². The van der Waals surface area contributed by atoms with Crippen LogP contribution in [-0.2, 0) is 17.8 Å². The normalized spacial score (nSPS) is 13.1. The third-order valence-electron chi connectivity index (χ3n) is 4.54. The molecule has 0 radical (unpaired) electrons. The van der Waals surface area contributed by atoms with Crippen molar-refractivity contribution in [1.29, 1.82) is 0 Å². The minimum absolute atomic E-state index is 0.0229. The van der Waals surface area contributed by atoms with E-state index in [9.17, 15) is 9.59 Å². The highest BCUT2D eigenvalue weighted by Gasteiger charge is 2.25. The number of carbonyl (C=O) groups is 2. The van der Waals surface area contributed by atoms with Gasteiger partial charge in [-0.3, -0.25) is 9.59 Å². The lowest BCUT2D eigenvalue weighted by Crippen LogP contribution is -2.35. The van der Waals surface area contributed by atoms with Crippen LogP contribution in [0.2, 0.25) is 0 Å². The number of amides is 2. The fourth-order valence-electron chi connectivity index (χ4n) is 3.19. The molecule has 6 heteroatoms. The second-order valence-electron chi connectivity index (χ2n) is 6.49. The van der Waals surface area contributed by atoms with Gasteiger partial charge in [0.25, 0.3) is 5.91 Å². The first kappa shape index (κ1) is 17.4. The Hall–Kier alpha value is -2.99. The van der Waals surface area contributed by atoms with Crippen LogP contribution in [0.1, 0.15) is 27.9 Å². The van der Waals surface area contributed by atoms with Crippen molar-refractivity contribution in [2.75, 3.05) is 11.9 Å². The van der Waals surface area contributed by atoms with Crippen molar-refractivity contribution in [3.8, 4) is 11.1 Å². The zero-order valence-electron chi connectivity index (χ0n) is 14.9. The van der Waals surface area contributed by atoms with Gasteiger partial charge in [0, 0.05) is 30.3 Å². The molecular formula is C21H19N3O2S. The van der Waals surface area contributed by atoms with Gasteiger partial charge in [-0.15, -0.1) is 0 Å². The minimum atomic E-state index is -0.132. The number of hydrogen-bond donors (Lipinski definition) is 1. The first-order valence-corrected chi connectivity index (χ1v) is 9.63. The molecule has 1 aliphatic rings. The van der Waals surface area contributed by atoms with Gasteiger partial charge < -0.3 is 10.2 Å². The van der Waals surface area contributed by atoms with Gasteiger partial charge in [0.05, 0.1) is 12.2 Å². The van der Waals surface area contributed by atoms with Crippen LogP contribution in [0, 0.1) is 0 Å². The summed E-state index contributed by atoms with van der Waals surface area (Å²) in [5, 5.41) is 3.33. The number of fused-ring (bicyclic) bond motifs is 1. The molecule has 0 bridgehead atoms. The number of hydrogen-bond acceptors (Lipinski definition) is 4. The lowest BCUT2D eigenvalue weighted by atomic mass is 10.0. The molecule has 0 unspecified atom stereocenters. The van der Waals surface area contributed by atoms with Gasteiger partial charge in [0.2, 0.25) is 5.91 Å². The Bertz CT molecular complexity index is 980. The lowest BCUT2D eigenvalue weighted by molar-refractivity contribution is -0.114. The van der Waals surface area contributed by atoms with Crippen LogP contribution in [0.15, 0.2) is 54.6 Å². The smallest absolute Gasteiger partial charge is 0.254 e. The van der Waals surface area contributed by atoms with Crippen molar-refractivity contribution >= 4 is 28.3 Å². The van der Waals surface area contributed by atoms with Crippen molar-refractivity contribution in [2.45, 2.75) is 19.9 Å². The molecule has 5 nitrogen and oxygen atoms in total. The van der Waals surface area contributed by atoms with Gasteiger partial charge >= 0.3 is 0 Å². The SMILES string of the molecule is CC(=O)Nc1nc2c(s1)CN(C(=O)c1ccc(-c3ccccc3)cc1)CC2. The molecule has 0 atom stereocenters. The van der Waals surface area contributed by atoms with E-state index in [1.807, 2.05) is 47.4 Å². The number of benzene rings is 2. The summed E-state index contributed by atoms with van der Waals surface area (Å²) in [4.78, 5) is 31.4. The third-order valence-corrected chi connectivity index (χ3v) is 5.54. The van der Waals surface area contributed by atoms with Crippen molar-refractivity contribution in [2.24, 2.45) is 0 Å². The van der Waals surface area contributed by atoms with Crippen molar-refractivity contribution in [3.63, 3.8) is 0 Å². The molecule has 136 valence electrons. The first-order chi connectivity index (χ1) is 13.1. The van der Waals surface area contributed by atoms with Crippen LogP contribution in [0.3, 0.4) is 0 Å². The predicted molar refractivity (Wildman–Crippen MR) is 107 cm³/mol. The summed E-state index contributed by atoms with van der Waals surface area (Å²) >= 11 is 1.44. The van der Waals surface area contributed by atoms with Crippen molar-refractivity contribution in [3.05, 3.63) is 70.7 Å². The highest BCUT2D eigenvalue weighted by molar-refractivity contribution is 7.15. The maximum atomic E-state index is 12.9. The minimum Gasteiger partial charge on any atom is -0.333 e. The number of rotatable bonds is 3. The van der Waals surface area contributed by atoms with Crippen LogP contribution in [0.5, 0.6) is 0 Å². The van der Waals surface area contributed by atoms with Gasteiger partial charge in [-0.05, 0) is 23.3 Å². The number of anilines is 1. The fraction of sp³-hybridized carbons (Fsp3) is 0.190. The maximum Gasteiger partial charge on any atom is 0.254 e. The molecule has 27 heavy (non-hydrogen) atoms. The molecule has 2 amide bonds. The predicted octanol–water partition coefficient (Wildman–Crippen LogP) is 3.97. The Morgan fingerprint density at radius 1 is 1.04 bits per heavy atom. The Kier molecular flexibility index (Phi) is 4.73. The first-order valence-electron chi connectivity index (χ1n) is 8.81. The molecule has 3 aromatic rings. The maximum absolute atomic E-state index is 12.9. The lowest BCUT2D eigenvalue weighted by Gasteiger charge is -2.26. The van der Waals surface area contributed by atoms with E-state index in [-0.39, 0.29) is 11.8 Å². The Labute approximate surface area is 161 Å². The van der Waals surface area contributed by atoms with Crippen molar-refractivity contribution in [1.82, 2.24) is 9.88 Å². The largest absolute Gasteiger partial charge is 0.333 e. The van der Waals surface area contributed by atoms with E-state index in [1.54, 1.807) is 0 Å². The highest BCUT2D eigenvalue weighted by Crippen LogP contribution is 2.29. The van der Waals surface area contributed by atoms with E-state index >= 15 is 0 Å². The molecule has 2 aromatic carbocycles. The summed E-state index contributed by atoms with van der Waals surface area (Å²) in [5.74, 6) is -0.109. The standard InChI is InChI=1S/C21H19N3O2S/c1-14(25)22-21-23-18-11-12-24(13-19(18)27-21)20(26)17-9-7-16(8-10-17)15-5-3-2-4-6-15/h2-10H,11-13H2,1H3,(H,22,23,25). The van der Waals surface area contributed by atoms with Gasteiger partial charge in [0.1, 0.15) is 0 Å².